The molecule has 1 N–H and O–H groups in total. The Labute approximate surface area is 167 Å². The van der Waals surface area contributed by atoms with Gasteiger partial charge in [0.2, 0.25) is 5.91 Å². The number of amides is 1. The van der Waals surface area contributed by atoms with Crippen molar-refractivity contribution in [1.82, 2.24) is 24.9 Å². The van der Waals surface area contributed by atoms with Crippen molar-refractivity contribution in [1.29, 1.82) is 0 Å². The normalized spacial score (nSPS) is 17.0. The number of guanidine groups is 1. The zero-order chi connectivity index (χ0) is 19.9. The molecule has 7 nitrogen and oxygen atoms in total. The first kappa shape index (κ1) is 19.9. The highest BCUT2D eigenvalue weighted by atomic mass is 16.2. The van der Waals surface area contributed by atoms with E-state index in [1.807, 2.05) is 24.0 Å². The van der Waals surface area contributed by atoms with E-state index in [1.165, 1.54) is 11.1 Å². The van der Waals surface area contributed by atoms with Gasteiger partial charge in [0.15, 0.2) is 5.96 Å². The molecule has 0 spiro atoms. The summed E-state index contributed by atoms with van der Waals surface area (Å²) in [6.07, 6.45) is 6.01. The number of nitrogens with zero attached hydrogens (tertiary/aromatic N) is 5. The number of aliphatic imine (C=N–C) groups is 1. The molecule has 0 bridgehead atoms. The first-order valence-electron chi connectivity index (χ1n) is 9.79. The van der Waals surface area contributed by atoms with Crippen molar-refractivity contribution < 1.29 is 4.79 Å². The molecule has 1 saturated heterocycles. The average Bonchev–Trinajstić information content (AvgIpc) is 3.34. The summed E-state index contributed by atoms with van der Waals surface area (Å²) < 4.78 is 1.85. The third-order valence-corrected chi connectivity index (χ3v) is 5.09. The van der Waals surface area contributed by atoms with Gasteiger partial charge in [-0.25, -0.2) is 4.99 Å². The summed E-state index contributed by atoms with van der Waals surface area (Å²) in [5, 5.41) is 7.76. The van der Waals surface area contributed by atoms with E-state index >= 15 is 0 Å². The molecule has 1 aromatic carbocycles. The van der Waals surface area contributed by atoms with E-state index in [-0.39, 0.29) is 12.5 Å². The fourth-order valence-corrected chi connectivity index (χ4v) is 3.39. The molecule has 7 heteroatoms. The number of nitrogens with one attached hydrogen (secondary N) is 1. The number of carbonyl (C=O) groups excluding carboxylic acids is 1. The molecule has 150 valence electrons. The fraction of sp³-hybridized carbons (Fsp3) is 0.476. The van der Waals surface area contributed by atoms with Crippen molar-refractivity contribution in [3.63, 3.8) is 0 Å². The van der Waals surface area contributed by atoms with E-state index in [2.05, 4.69) is 50.8 Å². The van der Waals surface area contributed by atoms with Gasteiger partial charge in [0.1, 0.15) is 6.54 Å². The summed E-state index contributed by atoms with van der Waals surface area (Å²) in [4.78, 5) is 20.5. The molecule has 0 radical (unpaired) electrons. The van der Waals surface area contributed by atoms with E-state index in [0.29, 0.717) is 5.92 Å². The second-order valence-corrected chi connectivity index (χ2v) is 7.47. The van der Waals surface area contributed by atoms with Gasteiger partial charge in [0.25, 0.3) is 0 Å². The van der Waals surface area contributed by atoms with Crippen molar-refractivity contribution >= 4 is 11.9 Å². The fourth-order valence-electron chi connectivity index (χ4n) is 3.39. The molecular weight excluding hydrogens is 352 g/mol. The number of likely N-dealkylation sites (N-methyl/N-ethyl adjacent to an activating group) is 1. The first-order valence-corrected chi connectivity index (χ1v) is 9.79. The van der Waals surface area contributed by atoms with Gasteiger partial charge in [-0.2, -0.15) is 5.10 Å². The molecule has 1 atom stereocenters. The highest BCUT2D eigenvalue weighted by Gasteiger charge is 2.27. The zero-order valence-corrected chi connectivity index (χ0v) is 17.0. The largest absolute Gasteiger partial charge is 0.356 e. The summed E-state index contributed by atoms with van der Waals surface area (Å²) in [5.74, 6) is 1.27. The highest BCUT2D eigenvalue weighted by Crippen LogP contribution is 2.26. The van der Waals surface area contributed by atoms with Crippen LogP contribution in [0.3, 0.4) is 0 Å². The summed E-state index contributed by atoms with van der Waals surface area (Å²) in [5.41, 5.74) is 2.55. The molecule has 2 aromatic rings. The average molecular weight is 383 g/mol. The van der Waals surface area contributed by atoms with E-state index < -0.39 is 0 Å². The molecule has 0 aliphatic carbocycles. The Morgan fingerprint density at radius 3 is 2.79 bits per heavy atom. The van der Waals surface area contributed by atoms with Crippen LogP contribution in [0.1, 0.15) is 23.5 Å². The maximum Gasteiger partial charge on any atom is 0.243 e. The Kier molecular flexibility index (Phi) is 6.68. The van der Waals surface area contributed by atoms with E-state index in [0.717, 1.165) is 38.4 Å². The van der Waals surface area contributed by atoms with E-state index in [9.17, 15) is 4.79 Å². The van der Waals surface area contributed by atoms with Crippen LogP contribution in [-0.2, 0) is 18.3 Å². The molecule has 1 fully saturated rings. The van der Waals surface area contributed by atoms with Gasteiger partial charge in [0.05, 0.1) is 6.20 Å². The number of aromatic nitrogens is 2. The molecule has 1 aliphatic heterocycles. The molecule has 2 heterocycles. The Morgan fingerprint density at radius 1 is 1.32 bits per heavy atom. The molecule has 28 heavy (non-hydrogen) atoms. The number of likely N-dealkylation sites (tertiary alicyclic amines) is 1. The van der Waals surface area contributed by atoms with Crippen molar-refractivity contribution in [3.8, 4) is 0 Å². The predicted octanol–water partition coefficient (Wildman–Crippen LogP) is 1.49. The number of rotatable bonds is 6. The van der Waals surface area contributed by atoms with Crippen LogP contribution in [0.4, 0.5) is 0 Å². The van der Waals surface area contributed by atoms with Crippen LogP contribution in [0.2, 0.25) is 0 Å². The SMILES string of the molecule is CN(C)C(=O)CN=C(NCCc1ccccc1)N1CCC(c2cnn(C)c2)C1. The van der Waals surface area contributed by atoms with Gasteiger partial charge < -0.3 is 15.1 Å². The van der Waals surface area contributed by atoms with Gasteiger partial charge in [0, 0.05) is 52.9 Å². The van der Waals surface area contributed by atoms with Crippen molar-refractivity contribution in [2.24, 2.45) is 12.0 Å². The quantitative estimate of drug-likeness (QED) is 0.607. The Balaban J connectivity index is 1.63. The van der Waals surface area contributed by atoms with Gasteiger partial charge in [-0.3, -0.25) is 9.48 Å². The number of benzene rings is 1. The van der Waals surface area contributed by atoms with Gasteiger partial charge in [-0.15, -0.1) is 0 Å². The number of aryl methyl sites for hydroxylation is 1. The Hall–Kier alpha value is -2.83. The molecule has 1 aliphatic rings. The summed E-state index contributed by atoms with van der Waals surface area (Å²) in [6, 6.07) is 10.4. The maximum atomic E-state index is 12.0. The molecule has 1 amide bonds. The third-order valence-electron chi connectivity index (χ3n) is 5.09. The third kappa shape index (κ3) is 5.34. The first-order chi connectivity index (χ1) is 13.5. The van der Waals surface area contributed by atoms with Crippen molar-refractivity contribution in [2.45, 2.75) is 18.8 Å². The van der Waals surface area contributed by atoms with Crippen LogP contribution < -0.4 is 5.32 Å². The minimum Gasteiger partial charge on any atom is -0.356 e. The Bertz CT molecular complexity index is 798. The van der Waals surface area contributed by atoms with Crippen LogP contribution in [0, 0.1) is 0 Å². The lowest BCUT2D eigenvalue weighted by Gasteiger charge is -2.22. The second kappa shape index (κ2) is 9.39. The lowest BCUT2D eigenvalue weighted by atomic mass is 10.0. The van der Waals surface area contributed by atoms with Crippen LogP contribution in [0.15, 0.2) is 47.7 Å². The minimum atomic E-state index is 0.00497. The summed E-state index contributed by atoms with van der Waals surface area (Å²) in [6.45, 7) is 2.76. The molecule has 1 unspecified atom stereocenters. The minimum absolute atomic E-state index is 0.00497. The lowest BCUT2D eigenvalue weighted by molar-refractivity contribution is -0.127. The lowest BCUT2D eigenvalue weighted by Crippen LogP contribution is -2.41. The van der Waals surface area contributed by atoms with Gasteiger partial charge in [-0.1, -0.05) is 30.3 Å². The van der Waals surface area contributed by atoms with Crippen LogP contribution >= 0.6 is 0 Å². The number of hydrogen-bond acceptors (Lipinski definition) is 3. The topological polar surface area (TPSA) is 65.8 Å². The monoisotopic (exact) mass is 382 g/mol. The second-order valence-electron chi connectivity index (χ2n) is 7.47. The van der Waals surface area contributed by atoms with Crippen molar-refractivity contribution in [2.75, 3.05) is 40.3 Å². The molecule has 1 aromatic heterocycles. The standard InChI is InChI=1S/C21H30N6O/c1-25(2)20(28)14-23-21(22-11-9-17-7-5-4-6-8-17)27-12-10-18(16-27)19-13-24-26(3)15-19/h4-8,13,15,18H,9-12,14,16H2,1-3H3,(H,22,23). The van der Waals surface area contributed by atoms with Crippen LogP contribution in [-0.4, -0.2) is 71.7 Å². The Morgan fingerprint density at radius 2 is 2.11 bits per heavy atom. The maximum absolute atomic E-state index is 12.0. The number of carbonyl (C=O) groups is 1. The van der Waals surface area contributed by atoms with Gasteiger partial charge in [-0.05, 0) is 24.0 Å². The van der Waals surface area contributed by atoms with Crippen LogP contribution in [0.5, 0.6) is 0 Å². The smallest absolute Gasteiger partial charge is 0.243 e. The molecule has 3 rings (SSSR count). The highest BCUT2D eigenvalue weighted by molar-refractivity contribution is 5.85. The van der Waals surface area contributed by atoms with Crippen LogP contribution in [0.25, 0.3) is 0 Å². The molecular formula is C21H30N6O. The summed E-state index contributed by atoms with van der Waals surface area (Å²) >= 11 is 0. The van der Waals surface area contributed by atoms with Crippen molar-refractivity contribution in [3.05, 3.63) is 53.9 Å². The number of hydrogen-bond donors (Lipinski definition) is 1. The summed E-state index contributed by atoms with van der Waals surface area (Å²) in [7, 11) is 5.46. The van der Waals surface area contributed by atoms with Gasteiger partial charge >= 0.3 is 0 Å². The van der Waals surface area contributed by atoms with E-state index in [1.54, 1.807) is 19.0 Å². The predicted molar refractivity (Wildman–Crippen MR) is 111 cm³/mol. The zero-order valence-electron chi connectivity index (χ0n) is 17.0. The van der Waals surface area contributed by atoms with E-state index in [4.69, 9.17) is 0 Å². The molecule has 0 saturated carbocycles.